The summed E-state index contributed by atoms with van der Waals surface area (Å²) in [6.07, 6.45) is -1.01. The van der Waals surface area contributed by atoms with Crippen LogP contribution in [0, 0.1) is 0 Å². The van der Waals surface area contributed by atoms with Gasteiger partial charge in [0.25, 0.3) is 5.91 Å². The highest BCUT2D eigenvalue weighted by Gasteiger charge is 2.49. The van der Waals surface area contributed by atoms with Gasteiger partial charge >= 0.3 is 6.03 Å². The third kappa shape index (κ3) is 4.04. The zero-order chi connectivity index (χ0) is 22.0. The first kappa shape index (κ1) is 20.7. The van der Waals surface area contributed by atoms with E-state index in [2.05, 4.69) is 5.32 Å². The fourth-order valence-corrected chi connectivity index (χ4v) is 3.69. The molecular weight excluding hydrogens is 396 g/mol. The molecule has 1 aliphatic rings. The molecule has 2 N–H and O–H groups in total. The molecule has 0 spiro atoms. The SMILES string of the molecule is COc1ccc2cc([C@@]3(C)NC(=O)N(C[C@@H](O)COc4ccccc4)C3=O)ccc2c1. The first-order valence-electron chi connectivity index (χ1n) is 9.99. The van der Waals surface area contributed by atoms with Crippen LogP contribution in [-0.2, 0) is 10.3 Å². The molecule has 3 aromatic carbocycles. The highest BCUT2D eigenvalue weighted by Crippen LogP contribution is 2.32. The van der Waals surface area contributed by atoms with E-state index < -0.39 is 23.6 Å². The van der Waals surface area contributed by atoms with Crippen molar-refractivity contribution in [3.05, 3.63) is 72.3 Å². The van der Waals surface area contributed by atoms with E-state index in [4.69, 9.17) is 9.47 Å². The molecule has 2 atom stereocenters. The standard InChI is InChI=1S/C24H24N2O5/c1-24(18-10-8-17-13-21(30-2)11-9-16(17)12-18)22(28)26(23(29)25-24)14-19(27)15-31-20-6-4-3-5-7-20/h3-13,19,27H,14-15H2,1-2H3,(H,25,29)/t19-,24-/m1/s1. The number of amides is 3. The van der Waals surface area contributed by atoms with E-state index >= 15 is 0 Å². The summed E-state index contributed by atoms with van der Waals surface area (Å²) in [7, 11) is 1.61. The van der Waals surface area contributed by atoms with Gasteiger partial charge in [0, 0.05) is 0 Å². The van der Waals surface area contributed by atoms with Gasteiger partial charge in [-0.2, -0.15) is 0 Å². The molecule has 0 aliphatic carbocycles. The van der Waals surface area contributed by atoms with Crippen molar-refractivity contribution in [1.29, 1.82) is 0 Å². The lowest BCUT2D eigenvalue weighted by molar-refractivity contribution is -0.132. The second kappa shape index (κ2) is 8.28. The zero-order valence-corrected chi connectivity index (χ0v) is 17.4. The molecule has 4 rings (SSSR count). The summed E-state index contributed by atoms with van der Waals surface area (Å²) in [5.41, 5.74) is -0.549. The second-order valence-corrected chi connectivity index (χ2v) is 7.68. The van der Waals surface area contributed by atoms with E-state index in [1.54, 1.807) is 26.2 Å². The van der Waals surface area contributed by atoms with E-state index in [9.17, 15) is 14.7 Å². The largest absolute Gasteiger partial charge is 0.497 e. The van der Waals surface area contributed by atoms with Gasteiger partial charge in [-0.15, -0.1) is 0 Å². The molecule has 0 radical (unpaired) electrons. The van der Waals surface area contributed by atoms with Crippen LogP contribution < -0.4 is 14.8 Å². The summed E-state index contributed by atoms with van der Waals surface area (Å²) in [6.45, 7) is 1.48. The van der Waals surface area contributed by atoms with Crippen LogP contribution >= 0.6 is 0 Å². The third-order valence-electron chi connectivity index (χ3n) is 5.48. The Morgan fingerprint density at radius 1 is 1.00 bits per heavy atom. The number of nitrogens with one attached hydrogen (secondary N) is 1. The Morgan fingerprint density at radius 2 is 1.71 bits per heavy atom. The average Bonchev–Trinajstić information content (AvgIpc) is 3.01. The van der Waals surface area contributed by atoms with E-state index in [1.165, 1.54) is 0 Å². The fourth-order valence-electron chi connectivity index (χ4n) is 3.69. The van der Waals surface area contributed by atoms with Crippen molar-refractivity contribution in [1.82, 2.24) is 10.2 Å². The lowest BCUT2D eigenvalue weighted by atomic mass is 9.90. The van der Waals surface area contributed by atoms with Crippen LogP contribution in [0.1, 0.15) is 12.5 Å². The minimum Gasteiger partial charge on any atom is -0.497 e. The molecular formula is C24H24N2O5. The van der Waals surface area contributed by atoms with Crippen molar-refractivity contribution in [3.8, 4) is 11.5 Å². The number of ether oxygens (including phenoxy) is 2. The van der Waals surface area contributed by atoms with Crippen molar-refractivity contribution < 1.29 is 24.2 Å². The van der Waals surface area contributed by atoms with Crippen molar-refractivity contribution >= 4 is 22.7 Å². The molecule has 160 valence electrons. The molecule has 31 heavy (non-hydrogen) atoms. The number of β-amino-alcohol motifs (C(OH)–C–C–N with tert-alkyl or cyclic N) is 1. The van der Waals surface area contributed by atoms with Gasteiger partial charge < -0.3 is 19.9 Å². The highest BCUT2D eigenvalue weighted by molar-refractivity contribution is 6.07. The number of fused-ring (bicyclic) bond motifs is 1. The number of benzene rings is 3. The second-order valence-electron chi connectivity index (χ2n) is 7.68. The first-order valence-corrected chi connectivity index (χ1v) is 9.99. The normalized spacial score (nSPS) is 19.4. The van der Waals surface area contributed by atoms with Gasteiger partial charge in [0.15, 0.2) is 0 Å². The van der Waals surface area contributed by atoms with Crippen LogP contribution in [0.4, 0.5) is 4.79 Å². The van der Waals surface area contributed by atoms with Crippen molar-refractivity contribution in [2.75, 3.05) is 20.3 Å². The number of para-hydroxylation sites is 1. The number of carbonyl (C=O) groups excluding carboxylic acids is 2. The van der Waals surface area contributed by atoms with Crippen LogP contribution in [0.25, 0.3) is 10.8 Å². The van der Waals surface area contributed by atoms with E-state index in [0.717, 1.165) is 21.4 Å². The highest BCUT2D eigenvalue weighted by atomic mass is 16.5. The maximum atomic E-state index is 13.2. The topological polar surface area (TPSA) is 88.1 Å². The molecule has 0 bridgehead atoms. The number of carbonyl (C=O) groups is 2. The monoisotopic (exact) mass is 420 g/mol. The lowest BCUT2D eigenvalue weighted by Gasteiger charge is -2.23. The van der Waals surface area contributed by atoms with Gasteiger partial charge in [-0.3, -0.25) is 9.69 Å². The summed E-state index contributed by atoms with van der Waals surface area (Å²) < 4.78 is 10.8. The zero-order valence-electron chi connectivity index (χ0n) is 17.4. The van der Waals surface area contributed by atoms with Gasteiger partial charge in [0.1, 0.15) is 29.7 Å². The average molecular weight is 420 g/mol. The quantitative estimate of drug-likeness (QED) is 0.574. The number of urea groups is 1. The van der Waals surface area contributed by atoms with Gasteiger partial charge in [-0.05, 0) is 53.6 Å². The smallest absolute Gasteiger partial charge is 0.325 e. The maximum absolute atomic E-state index is 13.2. The molecule has 1 saturated heterocycles. The summed E-state index contributed by atoms with van der Waals surface area (Å²) in [5, 5.41) is 15.0. The van der Waals surface area contributed by atoms with Crippen LogP contribution in [0.3, 0.4) is 0 Å². The van der Waals surface area contributed by atoms with Gasteiger partial charge in [-0.25, -0.2) is 4.79 Å². The number of nitrogens with zero attached hydrogens (tertiary/aromatic N) is 1. The van der Waals surface area contributed by atoms with Crippen LogP contribution in [0.5, 0.6) is 11.5 Å². The van der Waals surface area contributed by atoms with Crippen molar-refractivity contribution in [2.24, 2.45) is 0 Å². The van der Waals surface area contributed by atoms with Crippen LogP contribution in [0.15, 0.2) is 66.7 Å². The van der Waals surface area contributed by atoms with Crippen LogP contribution in [-0.4, -0.2) is 48.3 Å². The summed E-state index contributed by atoms with van der Waals surface area (Å²) in [4.78, 5) is 26.7. The maximum Gasteiger partial charge on any atom is 0.325 e. The van der Waals surface area contributed by atoms with Gasteiger partial charge in [-0.1, -0.05) is 36.4 Å². The number of hydrogen-bond acceptors (Lipinski definition) is 5. The molecule has 0 unspecified atom stereocenters. The molecule has 1 heterocycles. The summed E-state index contributed by atoms with van der Waals surface area (Å²) in [5.74, 6) is 0.940. The lowest BCUT2D eigenvalue weighted by Crippen LogP contribution is -2.42. The predicted molar refractivity (Wildman–Crippen MR) is 116 cm³/mol. The number of rotatable bonds is 7. The fraction of sp³-hybridized carbons (Fsp3) is 0.250. The predicted octanol–water partition coefficient (Wildman–Crippen LogP) is 3.06. The third-order valence-corrected chi connectivity index (χ3v) is 5.48. The molecule has 7 nitrogen and oxygen atoms in total. The molecule has 1 aliphatic heterocycles. The minimum absolute atomic E-state index is 0.0321. The number of aliphatic hydroxyl groups excluding tert-OH is 1. The Bertz CT molecular complexity index is 1120. The molecule has 0 saturated carbocycles. The molecule has 0 aromatic heterocycles. The Hall–Kier alpha value is -3.58. The summed E-state index contributed by atoms with van der Waals surface area (Å²) in [6, 6.07) is 19.8. The van der Waals surface area contributed by atoms with Crippen LogP contribution in [0.2, 0.25) is 0 Å². The first-order chi connectivity index (χ1) is 14.9. The molecule has 7 heteroatoms. The Labute approximate surface area is 180 Å². The number of methoxy groups -OCH3 is 1. The Balaban J connectivity index is 1.49. The van der Waals surface area contributed by atoms with E-state index in [1.807, 2.05) is 54.6 Å². The van der Waals surface area contributed by atoms with Gasteiger partial charge in [0.05, 0.1) is 13.7 Å². The molecule has 3 amide bonds. The molecule has 3 aromatic rings. The summed E-state index contributed by atoms with van der Waals surface area (Å²) >= 11 is 0. The van der Waals surface area contributed by atoms with Crippen molar-refractivity contribution in [3.63, 3.8) is 0 Å². The minimum atomic E-state index is -1.22. The molecule has 1 fully saturated rings. The Kier molecular flexibility index (Phi) is 5.52. The van der Waals surface area contributed by atoms with Gasteiger partial charge in [0.2, 0.25) is 0 Å². The Morgan fingerprint density at radius 3 is 2.45 bits per heavy atom. The number of imide groups is 1. The van der Waals surface area contributed by atoms with E-state index in [-0.39, 0.29) is 13.2 Å². The van der Waals surface area contributed by atoms with E-state index in [0.29, 0.717) is 11.3 Å². The number of hydrogen-bond donors (Lipinski definition) is 2. The number of aliphatic hydroxyl groups is 1. The van der Waals surface area contributed by atoms with Crippen molar-refractivity contribution in [2.45, 2.75) is 18.6 Å².